The SMILES string of the molecule is COc1cc([C@H]2CCOC(=O)N2)cc(OC)c1Br.Cl. The van der Waals surface area contributed by atoms with Gasteiger partial charge < -0.3 is 19.5 Å². The Bertz CT molecular complexity index is 444. The molecule has 1 fully saturated rings. The Hall–Kier alpha value is -1.14. The summed E-state index contributed by atoms with van der Waals surface area (Å²) in [6.07, 6.45) is 0.326. The van der Waals surface area contributed by atoms with Crippen LogP contribution in [0.3, 0.4) is 0 Å². The Kier molecular flexibility index (Phi) is 5.75. The average molecular weight is 353 g/mol. The Morgan fingerprint density at radius 3 is 2.37 bits per heavy atom. The number of hydrogen-bond acceptors (Lipinski definition) is 4. The fourth-order valence-corrected chi connectivity index (χ4v) is 2.42. The zero-order chi connectivity index (χ0) is 13.1. The standard InChI is InChI=1S/C12H14BrNO4.ClH/c1-16-9-5-7(6-10(17-2)11(9)13)8-3-4-18-12(15)14-8;/h5-6,8H,3-4H2,1-2H3,(H,14,15);1H/t8-;/m1./s1. The Balaban J connectivity index is 0.00000180. The lowest BCUT2D eigenvalue weighted by atomic mass is 10.0. The number of benzene rings is 1. The van der Waals surface area contributed by atoms with E-state index in [9.17, 15) is 4.79 Å². The van der Waals surface area contributed by atoms with Crippen molar-refractivity contribution in [3.05, 3.63) is 22.2 Å². The number of nitrogens with one attached hydrogen (secondary N) is 1. The quantitative estimate of drug-likeness (QED) is 0.908. The number of alkyl carbamates (subject to hydrolysis) is 1. The number of methoxy groups -OCH3 is 2. The predicted molar refractivity (Wildman–Crippen MR) is 76.3 cm³/mol. The van der Waals surface area contributed by atoms with E-state index < -0.39 is 6.09 Å². The molecular formula is C12H15BrClNO4. The van der Waals surface area contributed by atoms with E-state index >= 15 is 0 Å². The van der Waals surface area contributed by atoms with Crippen molar-refractivity contribution in [2.45, 2.75) is 12.5 Å². The fraction of sp³-hybridized carbons (Fsp3) is 0.417. The lowest BCUT2D eigenvalue weighted by molar-refractivity contribution is 0.115. The van der Waals surface area contributed by atoms with Crippen LogP contribution in [0.5, 0.6) is 11.5 Å². The molecule has 1 aromatic rings. The molecule has 0 saturated carbocycles. The lowest BCUT2D eigenvalue weighted by Gasteiger charge is -2.24. The van der Waals surface area contributed by atoms with Gasteiger partial charge in [0.05, 0.1) is 26.9 Å². The summed E-state index contributed by atoms with van der Waals surface area (Å²) in [6, 6.07) is 3.67. The molecule has 0 bridgehead atoms. The molecule has 1 atom stereocenters. The van der Waals surface area contributed by atoms with Crippen molar-refractivity contribution < 1.29 is 19.0 Å². The second kappa shape index (κ2) is 6.86. The second-order valence-electron chi connectivity index (χ2n) is 3.86. The molecule has 1 aromatic carbocycles. The third-order valence-corrected chi connectivity index (χ3v) is 3.58. The monoisotopic (exact) mass is 351 g/mol. The number of ether oxygens (including phenoxy) is 3. The molecule has 19 heavy (non-hydrogen) atoms. The summed E-state index contributed by atoms with van der Waals surface area (Å²) in [7, 11) is 3.18. The highest BCUT2D eigenvalue weighted by atomic mass is 79.9. The molecule has 1 saturated heterocycles. The van der Waals surface area contributed by atoms with E-state index in [1.807, 2.05) is 12.1 Å². The molecule has 7 heteroatoms. The molecule has 1 amide bonds. The van der Waals surface area contributed by atoms with Crippen molar-refractivity contribution in [1.82, 2.24) is 5.32 Å². The van der Waals surface area contributed by atoms with Crippen LogP contribution < -0.4 is 14.8 Å². The van der Waals surface area contributed by atoms with Gasteiger partial charge in [-0.3, -0.25) is 0 Å². The second-order valence-corrected chi connectivity index (χ2v) is 4.65. The molecule has 106 valence electrons. The van der Waals surface area contributed by atoms with E-state index in [0.29, 0.717) is 18.1 Å². The third-order valence-electron chi connectivity index (χ3n) is 2.80. The smallest absolute Gasteiger partial charge is 0.407 e. The summed E-state index contributed by atoms with van der Waals surface area (Å²) in [5.41, 5.74) is 0.934. The maximum atomic E-state index is 11.2. The molecule has 1 N–H and O–H groups in total. The maximum Gasteiger partial charge on any atom is 0.407 e. The fourth-order valence-electron chi connectivity index (χ4n) is 1.87. The van der Waals surface area contributed by atoms with Crippen LogP contribution in [0.2, 0.25) is 0 Å². The highest BCUT2D eigenvalue weighted by Crippen LogP contribution is 2.38. The summed E-state index contributed by atoms with van der Waals surface area (Å²) in [5, 5.41) is 2.77. The molecule has 0 radical (unpaired) electrons. The number of carbonyl (C=O) groups is 1. The van der Waals surface area contributed by atoms with Gasteiger partial charge in [0.15, 0.2) is 0 Å². The van der Waals surface area contributed by atoms with Crippen LogP contribution in [-0.2, 0) is 4.74 Å². The normalized spacial score (nSPS) is 17.8. The lowest BCUT2D eigenvalue weighted by Crippen LogP contribution is -2.35. The number of halogens is 2. The van der Waals surface area contributed by atoms with Gasteiger partial charge in [-0.2, -0.15) is 0 Å². The van der Waals surface area contributed by atoms with Gasteiger partial charge in [0, 0.05) is 6.42 Å². The average Bonchev–Trinajstić information content (AvgIpc) is 2.39. The molecule has 0 spiro atoms. The minimum Gasteiger partial charge on any atom is -0.495 e. The van der Waals surface area contributed by atoms with E-state index in [2.05, 4.69) is 21.2 Å². The van der Waals surface area contributed by atoms with Gasteiger partial charge in [-0.15, -0.1) is 12.4 Å². The minimum atomic E-state index is -0.396. The molecule has 5 nitrogen and oxygen atoms in total. The molecule has 0 aromatic heterocycles. The maximum absolute atomic E-state index is 11.2. The molecule has 2 rings (SSSR count). The highest BCUT2D eigenvalue weighted by Gasteiger charge is 2.23. The summed E-state index contributed by atoms with van der Waals surface area (Å²) in [4.78, 5) is 11.2. The van der Waals surface area contributed by atoms with Crippen LogP contribution in [0.4, 0.5) is 4.79 Å². The van der Waals surface area contributed by atoms with Crippen molar-refractivity contribution in [2.75, 3.05) is 20.8 Å². The highest BCUT2D eigenvalue weighted by molar-refractivity contribution is 9.10. The Labute approximate surface area is 126 Å². The summed E-state index contributed by atoms with van der Waals surface area (Å²) < 4.78 is 16.2. The van der Waals surface area contributed by atoms with Gasteiger partial charge in [0.25, 0.3) is 0 Å². The van der Waals surface area contributed by atoms with Crippen molar-refractivity contribution in [1.29, 1.82) is 0 Å². The number of carbonyl (C=O) groups excluding carboxylic acids is 1. The van der Waals surface area contributed by atoms with Gasteiger partial charge in [-0.25, -0.2) is 4.79 Å². The van der Waals surface area contributed by atoms with Gasteiger partial charge >= 0.3 is 6.09 Å². The number of hydrogen-bond donors (Lipinski definition) is 1. The topological polar surface area (TPSA) is 56.8 Å². The van der Waals surface area contributed by atoms with Crippen LogP contribution >= 0.6 is 28.3 Å². The van der Waals surface area contributed by atoms with Crippen molar-refractivity contribution in [3.8, 4) is 11.5 Å². The molecule has 1 aliphatic heterocycles. The van der Waals surface area contributed by atoms with Gasteiger partial charge in [-0.1, -0.05) is 0 Å². The molecular weight excluding hydrogens is 337 g/mol. The number of cyclic esters (lactones) is 1. The Morgan fingerprint density at radius 2 is 1.89 bits per heavy atom. The number of rotatable bonds is 3. The molecule has 1 aliphatic rings. The van der Waals surface area contributed by atoms with Crippen LogP contribution in [0.25, 0.3) is 0 Å². The molecule has 0 aliphatic carbocycles. The van der Waals surface area contributed by atoms with Crippen molar-refractivity contribution >= 4 is 34.4 Å². The summed E-state index contributed by atoms with van der Waals surface area (Å²) in [6.45, 7) is 0.414. The first-order valence-electron chi connectivity index (χ1n) is 5.50. The van der Waals surface area contributed by atoms with E-state index in [0.717, 1.165) is 16.5 Å². The van der Waals surface area contributed by atoms with Crippen LogP contribution in [0, 0.1) is 0 Å². The van der Waals surface area contributed by atoms with Crippen LogP contribution in [0.1, 0.15) is 18.0 Å². The van der Waals surface area contributed by atoms with Gasteiger partial charge in [0.1, 0.15) is 16.0 Å². The van der Waals surface area contributed by atoms with Crippen LogP contribution in [0.15, 0.2) is 16.6 Å². The van der Waals surface area contributed by atoms with E-state index in [1.165, 1.54) is 0 Å². The van der Waals surface area contributed by atoms with Crippen LogP contribution in [-0.4, -0.2) is 26.9 Å². The third kappa shape index (κ3) is 3.45. The first kappa shape index (κ1) is 15.9. The van der Waals surface area contributed by atoms with E-state index in [4.69, 9.17) is 14.2 Å². The molecule has 0 unspecified atom stereocenters. The van der Waals surface area contributed by atoms with Gasteiger partial charge in [-0.05, 0) is 33.6 Å². The van der Waals surface area contributed by atoms with E-state index in [-0.39, 0.29) is 18.4 Å². The first-order chi connectivity index (χ1) is 8.65. The summed E-state index contributed by atoms with van der Waals surface area (Å²) >= 11 is 3.41. The zero-order valence-electron chi connectivity index (χ0n) is 10.6. The van der Waals surface area contributed by atoms with E-state index in [1.54, 1.807) is 14.2 Å². The first-order valence-corrected chi connectivity index (χ1v) is 6.29. The largest absolute Gasteiger partial charge is 0.495 e. The zero-order valence-corrected chi connectivity index (χ0v) is 13.0. The summed E-state index contributed by atoms with van der Waals surface area (Å²) in [5.74, 6) is 1.34. The Morgan fingerprint density at radius 1 is 1.32 bits per heavy atom. The predicted octanol–water partition coefficient (Wildman–Crippen LogP) is 3.06. The van der Waals surface area contributed by atoms with Crippen molar-refractivity contribution in [2.24, 2.45) is 0 Å². The van der Waals surface area contributed by atoms with Crippen molar-refractivity contribution in [3.63, 3.8) is 0 Å². The number of amides is 1. The minimum absolute atomic E-state index is 0. The van der Waals surface area contributed by atoms with Gasteiger partial charge in [0.2, 0.25) is 0 Å². The molecule has 1 heterocycles.